The molecule has 2 unspecified atom stereocenters. The van der Waals surface area contributed by atoms with Crippen LogP contribution < -0.4 is 5.32 Å². The molecule has 2 atom stereocenters. The second kappa shape index (κ2) is 6.31. The van der Waals surface area contributed by atoms with Crippen molar-refractivity contribution in [2.45, 2.75) is 26.7 Å². The predicted octanol–water partition coefficient (Wildman–Crippen LogP) is 3.73. The summed E-state index contributed by atoms with van der Waals surface area (Å²) >= 11 is 5.80. The summed E-state index contributed by atoms with van der Waals surface area (Å²) < 4.78 is 0. The van der Waals surface area contributed by atoms with Crippen LogP contribution >= 0.6 is 11.6 Å². The Bertz CT molecular complexity index is 592. The number of amides is 1. The van der Waals surface area contributed by atoms with Crippen LogP contribution in [0.3, 0.4) is 0 Å². The highest BCUT2D eigenvalue weighted by Crippen LogP contribution is 2.35. The molecule has 0 saturated heterocycles. The van der Waals surface area contributed by atoms with Crippen molar-refractivity contribution in [1.82, 2.24) is 0 Å². The third-order valence-corrected chi connectivity index (χ3v) is 4.28. The summed E-state index contributed by atoms with van der Waals surface area (Å²) in [6.07, 6.45) is 0.919. The molecule has 1 amide bonds. The fourth-order valence-corrected chi connectivity index (χ4v) is 2.72. The van der Waals surface area contributed by atoms with Gasteiger partial charge in [-0.15, -0.1) is 0 Å². The summed E-state index contributed by atoms with van der Waals surface area (Å²) in [5.74, 6) is -2.38. The topological polar surface area (TPSA) is 66.4 Å². The lowest BCUT2D eigenvalue weighted by atomic mass is 9.76. The number of nitrogens with one attached hydrogen (secondary N) is 1. The second-order valence-corrected chi connectivity index (χ2v) is 5.95. The summed E-state index contributed by atoms with van der Waals surface area (Å²) in [5, 5.41) is 12.7. The number of allylic oxidation sites excluding steroid dienone is 2. The summed E-state index contributed by atoms with van der Waals surface area (Å²) in [7, 11) is 0. The molecule has 4 nitrogen and oxygen atoms in total. The molecule has 112 valence electrons. The average molecular weight is 308 g/mol. The summed E-state index contributed by atoms with van der Waals surface area (Å²) in [6, 6.07) is 6.77. The Morgan fingerprint density at radius 3 is 2.14 bits per heavy atom. The number of halogens is 1. The third kappa shape index (κ3) is 3.64. The molecule has 0 saturated carbocycles. The molecule has 0 aromatic heterocycles. The minimum atomic E-state index is -0.918. The van der Waals surface area contributed by atoms with E-state index in [2.05, 4.69) is 5.32 Å². The lowest BCUT2D eigenvalue weighted by Gasteiger charge is -2.29. The van der Waals surface area contributed by atoms with E-state index in [1.807, 2.05) is 13.8 Å². The number of anilines is 1. The van der Waals surface area contributed by atoms with Crippen molar-refractivity contribution in [3.05, 3.63) is 40.4 Å². The first-order valence-corrected chi connectivity index (χ1v) is 7.20. The van der Waals surface area contributed by atoms with E-state index >= 15 is 0 Å². The number of carboxylic acids is 1. The highest BCUT2D eigenvalue weighted by Gasteiger charge is 2.37. The van der Waals surface area contributed by atoms with Crippen LogP contribution in [0.1, 0.15) is 26.7 Å². The van der Waals surface area contributed by atoms with Gasteiger partial charge in [0.15, 0.2) is 0 Å². The molecule has 2 N–H and O–H groups in total. The fourth-order valence-electron chi connectivity index (χ4n) is 2.60. The van der Waals surface area contributed by atoms with E-state index in [4.69, 9.17) is 11.6 Å². The van der Waals surface area contributed by atoms with E-state index in [1.54, 1.807) is 24.3 Å². The number of rotatable bonds is 3. The van der Waals surface area contributed by atoms with Gasteiger partial charge in [0.25, 0.3) is 0 Å². The van der Waals surface area contributed by atoms with Crippen LogP contribution in [0.25, 0.3) is 0 Å². The Morgan fingerprint density at radius 1 is 1.10 bits per heavy atom. The Labute approximate surface area is 128 Å². The van der Waals surface area contributed by atoms with Crippen LogP contribution in [0.5, 0.6) is 0 Å². The predicted molar refractivity (Wildman–Crippen MR) is 82.3 cm³/mol. The third-order valence-electron chi connectivity index (χ3n) is 4.03. The highest BCUT2D eigenvalue weighted by molar-refractivity contribution is 6.30. The number of carboxylic acid groups (broad SMARTS) is 1. The zero-order valence-corrected chi connectivity index (χ0v) is 12.8. The fraction of sp³-hybridized carbons (Fsp3) is 0.375. The first-order chi connectivity index (χ1) is 9.88. The Balaban J connectivity index is 2.16. The maximum atomic E-state index is 12.4. The molecule has 1 aromatic carbocycles. The van der Waals surface area contributed by atoms with Crippen LogP contribution in [0.2, 0.25) is 5.02 Å². The molecule has 21 heavy (non-hydrogen) atoms. The van der Waals surface area contributed by atoms with Gasteiger partial charge in [-0.2, -0.15) is 0 Å². The van der Waals surface area contributed by atoms with Gasteiger partial charge in [0.2, 0.25) is 5.91 Å². The zero-order valence-electron chi connectivity index (χ0n) is 12.0. The van der Waals surface area contributed by atoms with Gasteiger partial charge in [0, 0.05) is 10.7 Å². The largest absolute Gasteiger partial charge is 0.481 e. The minimum absolute atomic E-state index is 0.253. The number of hydrogen-bond acceptors (Lipinski definition) is 2. The molecule has 2 rings (SSSR count). The molecule has 5 heteroatoms. The van der Waals surface area contributed by atoms with Gasteiger partial charge in [-0.3, -0.25) is 9.59 Å². The molecule has 0 heterocycles. The van der Waals surface area contributed by atoms with E-state index in [1.165, 1.54) is 0 Å². The normalized spacial score (nSPS) is 22.0. The van der Waals surface area contributed by atoms with Crippen molar-refractivity contribution in [3.8, 4) is 0 Å². The van der Waals surface area contributed by atoms with Gasteiger partial charge < -0.3 is 10.4 Å². The lowest BCUT2D eigenvalue weighted by Crippen LogP contribution is -2.36. The average Bonchev–Trinajstić information content (AvgIpc) is 2.43. The van der Waals surface area contributed by atoms with Gasteiger partial charge in [-0.1, -0.05) is 22.7 Å². The van der Waals surface area contributed by atoms with Crippen molar-refractivity contribution < 1.29 is 14.7 Å². The van der Waals surface area contributed by atoms with Gasteiger partial charge in [0.05, 0.1) is 11.8 Å². The van der Waals surface area contributed by atoms with E-state index in [0.29, 0.717) is 23.6 Å². The van der Waals surface area contributed by atoms with Crippen LogP contribution in [-0.2, 0) is 9.59 Å². The van der Waals surface area contributed by atoms with Crippen LogP contribution in [0.4, 0.5) is 5.69 Å². The monoisotopic (exact) mass is 307 g/mol. The molecule has 0 radical (unpaired) electrons. The molecule has 0 fully saturated rings. The molecule has 0 bridgehead atoms. The molecule has 1 aromatic rings. The van der Waals surface area contributed by atoms with Crippen molar-refractivity contribution in [2.75, 3.05) is 5.32 Å². The van der Waals surface area contributed by atoms with Crippen LogP contribution in [-0.4, -0.2) is 17.0 Å². The zero-order chi connectivity index (χ0) is 15.6. The summed E-state index contributed by atoms with van der Waals surface area (Å²) in [5.41, 5.74) is 2.79. The SMILES string of the molecule is CC1=C(C)CC(C(=O)Nc2ccc(Cl)cc2)C(C(=O)O)C1. The number of benzene rings is 1. The van der Waals surface area contributed by atoms with Gasteiger partial charge in [-0.05, 0) is 51.0 Å². The molecular weight excluding hydrogens is 290 g/mol. The van der Waals surface area contributed by atoms with Gasteiger partial charge in [0.1, 0.15) is 0 Å². The number of carbonyl (C=O) groups is 2. The van der Waals surface area contributed by atoms with Crippen LogP contribution in [0.15, 0.2) is 35.4 Å². The van der Waals surface area contributed by atoms with Crippen molar-refractivity contribution in [3.63, 3.8) is 0 Å². The molecule has 1 aliphatic carbocycles. The minimum Gasteiger partial charge on any atom is -0.481 e. The van der Waals surface area contributed by atoms with E-state index in [0.717, 1.165) is 11.1 Å². The highest BCUT2D eigenvalue weighted by atomic mass is 35.5. The van der Waals surface area contributed by atoms with E-state index in [-0.39, 0.29) is 5.91 Å². The lowest BCUT2D eigenvalue weighted by molar-refractivity contribution is -0.146. The van der Waals surface area contributed by atoms with E-state index < -0.39 is 17.8 Å². The maximum Gasteiger partial charge on any atom is 0.307 e. The number of carbonyl (C=O) groups excluding carboxylic acids is 1. The van der Waals surface area contributed by atoms with Crippen LogP contribution in [0, 0.1) is 11.8 Å². The molecule has 0 spiro atoms. The number of aliphatic carboxylic acids is 1. The smallest absolute Gasteiger partial charge is 0.307 e. The van der Waals surface area contributed by atoms with Crippen molar-refractivity contribution in [1.29, 1.82) is 0 Å². The first-order valence-electron chi connectivity index (χ1n) is 6.83. The van der Waals surface area contributed by atoms with E-state index in [9.17, 15) is 14.7 Å². The molecule has 1 aliphatic rings. The Hall–Kier alpha value is -1.81. The molecule has 0 aliphatic heterocycles. The number of hydrogen-bond donors (Lipinski definition) is 2. The quantitative estimate of drug-likeness (QED) is 0.836. The first kappa shape index (κ1) is 15.6. The summed E-state index contributed by atoms with van der Waals surface area (Å²) in [4.78, 5) is 23.8. The molecular formula is C16H18ClNO3. The maximum absolute atomic E-state index is 12.4. The van der Waals surface area contributed by atoms with Crippen molar-refractivity contribution >= 4 is 29.2 Å². The van der Waals surface area contributed by atoms with Gasteiger partial charge >= 0.3 is 5.97 Å². The Kier molecular flexibility index (Phi) is 4.68. The van der Waals surface area contributed by atoms with Gasteiger partial charge in [-0.25, -0.2) is 0 Å². The summed E-state index contributed by atoms with van der Waals surface area (Å²) in [6.45, 7) is 3.88. The Morgan fingerprint density at radius 2 is 1.62 bits per heavy atom. The standard InChI is InChI=1S/C16H18ClNO3/c1-9-7-13(14(16(20)21)8-10(9)2)15(19)18-12-5-3-11(17)4-6-12/h3-6,13-14H,7-8H2,1-2H3,(H,18,19)(H,20,21). The second-order valence-electron chi connectivity index (χ2n) is 5.52. The van der Waals surface area contributed by atoms with Crippen molar-refractivity contribution in [2.24, 2.45) is 11.8 Å².